The number of rotatable bonds is 0. The van der Waals surface area contributed by atoms with E-state index in [2.05, 4.69) is 29.6 Å². The molecule has 0 fully saturated rings. The van der Waals surface area contributed by atoms with Crippen molar-refractivity contribution in [2.75, 3.05) is 0 Å². The molecule has 0 aromatic carbocycles. The molecule has 0 bridgehead atoms. The molecular formula is C8H8Si. The van der Waals surface area contributed by atoms with Crippen LogP contribution in [0.25, 0.3) is 6.08 Å². The molecule has 2 rings (SSSR count). The van der Waals surface area contributed by atoms with Gasteiger partial charge in [-0.15, -0.1) is 0 Å². The van der Waals surface area contributed by atoms with Crippen LogP contribution < -0.4 is 0 Å². The van der Waals surface area contributed by atoms with Crippen molar-refractivity contribution in [3.63, 3.8) is 0 Å². The molecule has 0 N–H and O–H groups in total. The fraction of sp³-hybridized carbons (Fsp3) is 0.125. The summed E-state index contributed by atoms with van der Waals surface area (Å²) in [7, 11) is 0.483. The Kier molecular flexibility index (Phi) is 1.09. The zero-order valence-electron chi connectivity index (χ0n) is 5.17. The molecule has 0 spiro atoms. The average molecular weight is 132 g/mol. The van der Waals surface area contributed by atoms with E-state index in [0.29, 0.717) is 9.12 Å². The number of hydrogen-bond donors (Lipinski definition) is 0. The van der Waals surface area contributed by atoms with Crippen molar-refractivity contribution in [3.8, 4) is 0 Å². The van der Waals surface area contributed by atoms with Gasteiger partial charge in [-0.1, -0.05) is 29.6 Å². The Morgan fingerprint density at radius 3 is 3.33 bits per heavy atom. The highest BCUT2D eigenvalue weighted by atomic mass is 28.2. The second kappa shape index (κ2) is 1.92. The number of hydrogen-bond acceptors (Lipinski definition) is 0. The highest BCUT2D eigenvalue weighted by Gasteiger charge is 2.00. The van der Waals surface area contributed by atoms with E-state index in [1.54, 1.807) is 5.56 Å². The van der Waals surface area contributed by atoms with Crippen molar-refractivity contribution >= 4 is 15.2 Å². The van der Waals surface area contributed by atoms with Crippen LogP contribution in [-0.4, -0.2) is 9.12 Å². The zero-order valence-corrected chi connectivity index (χ0v) is 6.33. The van der Waals surface area contributed by atoms with Crippen LogP contribution in [0.15, 0.2) is 23.5 Å². The summed E-state index contributed by atoms with van der Waals surface area (Å²) in [5.74, 6) is 0. The lowest BCUT2D eigenvalue weighted by atomic mass is 10.2. The molecule has 1 heterocycles. The summed E-state index contributed by atoms with van der Waals surface area (Å²) in [5.41, 5.74) is 7.66. The van der Waals surface area contributed by atoms with E-state index in [9.17, 15) is 0 Å². The molecule has 0 aliphatic heterocycles. The summed E-state index contributed by atoms with van der Waals surface area (Å²) < 4.78 is 0. The molecule has 44 valence electrons. The molecule has 9 heavy (non-hydrogen) atoms. The van der Waals surface area contributed by atoms with Crippen LogP contribution in [0, 0.1) is 0 Å². The summed E-state index contributed by atoms with van der Waals surface area (Å²) in [4.78, 5) is 0. The Morgan fingerprint density at radius 2 is 2.44 bits per heavy atom. The first-order valence-electron chi connectivity index (χ1n) is 3.21. The molecule has 0 radical (unpaired) electrons. The minimum Gasteiger partial charge on any atom is -0.0799 e. The predicted octanol–water partition coefficient (Wildman–Crippen LogP) is 1.33. The first-order valence-corrected chi connectivity index (χ1v) is 4.54. The van der Waals surface area contributed by atoms with Crippen LogP contribution in [0.3, 0.4) is 0 Å². The molecular weight excluding hydrogens is 124 g/mol. The van der Waals surface area contributed by atoms with Crippen LogP contribution in [0.5, 0.6) is 0 Å². The quantitative estimate of drug-likeness (QED) is 0.467. The molecule has 1 aliphatic rings. The van der Waals surface area contributed by atoms with Gasteiger partial charge in [0.15, 0.2) is 0 Å². The summed E-state index contributed by atoms with van der Waals surface area (Å²) in [6.45, 7) is 0. The maximum atomic E-state index is 2.38. The Balaban J connectivity index is 2.63. The molecule has 1 aromatic rings. The lowest BCUT2D eigenvalue weighted by Gasteiger charge is -1.93. The first kappa shape index (κ1) is 5.12. The summed E-state index contributed by atoms with van der Waals surface area (Å²) in [6, 6.07) is 2.24. The number of allylic oxidation sites excluding steroid dienone is 1. The molecule has 1 aliphatic carbocycles. The van der Waals surface area contributed by atoms with E-state index < -0.39 is 0 Å². The highest BCUT2D eigenvalue weighted by Crippen LogP contribution is 2.16. The molecule has 0 amide bonds. The van der Waals surface area contributed by atoms with Crippen LogP contribution >= 0.6 is 0 Å². The van der Waals surface area contributed by atoms with E-state index in [1.807, 2.05) is 0 Å². The van der Waals surface area contributed by atoms with Crippen molar-refractivity contribution in [3.05, 3.63) is 34.6 Å². The lowest BCUT2D eigenvalue weighted by molar-refractivity contribution is 1.33. The SMILES string of the molecule is C1=Cc2cc[siH]cc2C1. The molecule has 1 aromatic heterocycles. The van der Waals surface area contributed by atoms with Crippen LogP contribution in [0.4, 0.5) is 0 Å². The topological polar surface area (TPSA) is 0 Å². The maximum absolute atomic E-state index is 2.38. The monoisotopic (exact) mass is 132 g/mol. The van der Waals surface area contributed by atoms with Gasteiger partial charge in [0.05, 0.1) is 0 Å². The molecule has 0 saturated heterocycles. The lowest BCUT2D eigenvalue weighted by Crippen LogP contribution is -1.81. The zero-order chi connectivity index (χ0) is 6.10. The minimum absolute atomic E-state index is 0.483. The minimum atomic E-state index is 0.483. The van der Waals surface area contributed by atoms with Gasteiger partial charge in [-0.2, -0.15) is 0 Å². The normalized spacial score (nSPS) is 13.8. The third-order valence-corrected chi connectivity index (χ3v) is 2.70. The van der Waals surface area contributed by atoms with Crippen molar-refractivity contribution in [2.45, 2.75) is 6.42 Å². The van der Waals surface area contributed by atoms with Crippen molar-refractivity contribution in [1.29, 1.82) is 0 Å². The van der Waals surface area contributed by atoms with Crippen molar-refractivity contribution in [2.24, 2.45) is 0 Å². The summed E-state index contributed by atoms with van der Waals surface area (Å²) >= 11 is 0. The van der Waals surface area contributed by atoms with Crippen LogP contribution in [0.2, 0.25) is 0 Å². The average Bonchev–Trinajstić information content (AvgIpc) is 2.33. The van der Waals surface area contributed by atoms with Gasteiger partial charge >= 0.3 is 0 Å². The molecule has 0 unspecified atom stereocenters. The molecule has 0 nitrogen and oxygen atoms in total. The fourth-order valence-electron chi connectivity index (χ4n) is 1.20. The van der Waals surface area contributed by atoms with Crippen molar-refractivity contribution < 1.29 is 0 Å². The summed E-state index contributed by atoms with van der Waals surface area (Å²) in [5, 5.41) is 0. The second-order valence-corrected chi connectivity index (χ2v) is 3.41. The van der Waals surface area contributed by atoms with E-state index in [0.717, 1.165) is 0 Å². The van der Waals surface area contributed by atoms with Crippen molar-refractivity contribution in [1.82, 2.24) is 0 Å². The van der Waals surface area contributed by atoms with E-state index in [4.69, 9.17) is 0 Å². The van der Waals surface area contributed by atoms with Gasteiger partial charge in [0.2, 0.25) is 0 Å². The Hall–Kier alpha value is -0.693. The standard InChI is InChI=1S/C8H8Si/c1-2-7-4-5-9-6-8(7)3-1/h1-2,4-6,9H,3H2. The van der Waals surface area contributed by atoms with Gasteiger partial charge in [-0.05, 0) is 17.5 Å². The van der Waals surface area contributed by atoms with E-state index in [-0.39, 0.29) is 0 Å². The fourth-order valence-corrected chi connectivity index (χ4v) is 2.19. The Bertz CT molecular complexity index is 250. The van der Waals surface area contributed by atoms with E-state index in [1.165, 1.54) is 12.0 Å². The van der Waals surface area contributed by atoms with Gasteiger partial charge in [0, 0.05) is 9.12 Å². The highest BCUT2D eigenvalue weighted by molar-refractivity contribution is 6.27. The van der Waals surface area contributed by atoms with Gasteiger partial charge in [0.1, 0.15) is 0 Å². The predicted molar refractivity (Wildman–Crippen MR) is 41.9 cm³/mol. The smallest absolute Gasteiger partial charge is 0.0202 e. The summed E-state index contributed by atoms with van der Waals surface area (Å²) in [6.07, 6.45) is 5.61. The molecule has 1 heteroatoms. The van der Waals surface area contributed by atoms with Crippen LogP contribution in [0.1, 0.15) is 11.1 Å². The first-order chi connectivity index (χ1) is 4.47. The van der Waals surface area contributed by atoms with E-state index >= 15 is 0 Å². The molecule has 0 atom stereocenters. The largest absolute Gasteiger partial charge is 0.0799 e. The molecule has 0 saturated carbocycles. The van der Waals surface area contributed by atoms with Gasteiger partial charge in [-0.25, -0.2) is 0 Å². The third kappa shape index (κ3) is 0.774. The maximum Gasteiger partial charge on any atom is 0.0202 e. The Labute approximate surface area is 57.0 Å². The van der Waals surface area contributed by atoms with Gasteiger partial charge < -0.3 is 0 Å². The Morgan fingerprint density at radius 1 is 1.44 bits per heavy atom. The van der Waals surface area contributed by atoms with Gasteiger partial charge in [-0.3, -0.25) is 0 Å². The van der Waals surface area contributed by atoms with Crippen LogP contribution in [-0.2, 0) is 6.42 Å². The second-order valence-electron chi connectivity index (χ2n) is 2.31. The number of fused-ring (bicyclic) bond motifs is 1. The van der Waals surface area contributed by atoms with Gasteiger partial charge in [0.25, 0.3) is 0 Å². The third-order valence-electron chi connectivity index (χ3n) is 1.69.